The van der Waals surface area contributed by atoms with Crippen LogP contribution in [0, 0.1) is 59.2 Å². The van der Waals surface area contributed by atoms with Crippen molar-refractivity contribution < 1.29 is 15.3 Å². The summed E-state index contributed by atoms with van der Waals surface area (Å²) in [6, 6.07) is 0. The van der Waals surface area contributed by atoms with E-state index in [1.165, 1.54) is 57.8 Å². The van der Waals surface area contributed by atoms with Gasteiger partial charge in [0.1, 0.15) is 0 Å². The zero-order valence-corrected chi connectivity index (χ0v) is 22.0. The third-order valence-electron chi connectivity index (χ3n) is 11.2. The Hall–Kier alpha value is -0.120. The predicted molar refractivity (Wildman–Crippen MR) is 136 cm³/mol. The van der Waals surface area contributed by atoms with Gasteiger partial charge in [-0.3, -0.25) is 0 Å². The van der Waals surface area contributed by atoms with Gasteiger partial charge in [0.2, 0.25) is 0 Å². The fourth-order valence-corrected chi connectivity index (χ4v) is 8.82. The molecule has 3 N–H and O–H groups in total. The summed E-state index contributed by atoms with van der Waals surface area (Å²) in [5.74, 6) is 5.81. The molecule has 4 rings (SSSR count). The molecule has 12 unspecified atom stereocenters. The van der Waals surface area contributed by atoms with Crippen molar-refractivity contribution in [1.82, 2.24) is 0 Å². The SMILES string of the molecule is CC1CC(CC2CC(CC3CC(C)C(O)CC3C)C(O)C(C3CCCCC3)C2)C(C)CC1O. The summed E-state index contributed by atoms with van der Waals surface area (Å²) in [6.45, 7) is 9.15. The molecule has 0 aliphatic heterocycles. The van der Waals surface area contributed by atoms with Crippen LogP contribution in [0.25, 0.3) is 0 Å². The molecule has 12 atom stereocenters. The van der Waals surface area contributed by atoms with E-state index in [0.29, 0.717) is 41.4 Å². The van der Waals surface area contributed by atoms with Crippen LogP contribution in [0.2, 0.25) is 0 Å². The minimum atomic E-state index is -0.139. The summed E-state index contributed by atoms with van der Waals surface area (Å²) < 4.78 is 0. The number of aliphatic hydroxyl groups excluding tert-OH is 3. The molecule has 192 valence electrons. The average Bonchev–Trinajstić information content (AvgIpc) is 2.78. The lowest BCUT2D eigenvalue weighted by atomic mass is 9.60. The minimum Gasteiger partial charge on any atom is -0.393 e. The van der Waals surface area contributed by atoms with Crippen LogP contribution in [0.15, 0.2) is 0 Å². The van der Waals surface area contributed by atoms with Crippen molar-refractivity contribution in [2.24, 2.45) is 59.2 Å². The summed E-state index contributed by atoms with van der Waals surface area (Å²) in [7, 11) is 0. The molecular weight excluding hydrogens is 408 g/mol. The molecule has 0 bridgehead atoms. The van der Waals surface area contributed by atoms with E-state index in [1.807, 2.05) is 0 Å². The molecule has 0 heterocycles. The van der Waals surface area contributed by atoms with Crippen molar-refractivity contribution >= 4 is 0 Å². The van der Waals surface area contributed by atoms with Gasteiger partial charge in [0.25, 0.3) is 0 Å². The molecule has 0 radical (unpaired) electrons. The van der Waals surface area contributed by atoms with Gasteiger partial charge in [-0.25, -0.2) is 0 Å². The molecule has 0 aromatic carbocycles. The van der Waals surface area contributed by atoms with Crippen molar-refractivity contribution in [2.45, 2.75) is 129 Å². The number of rotatable bonds is 5. The highest BCUT2D eigenvalue weighted by molar-refractivity contribution is 4.94. The highest BCUT2D eigenvalue weighted by Gasteiger charge is 2.44. The molecule has 3 heteroatoms. The molecule has 4 fully saturated rings. The van der Waals surface area contributed by atoms with E-state index in [9.17, 15) is 15.3 Å². The van der Waals surface area contributed by atoms with Gasteiger partial charge in [-0.15, -0.1) is 0 Å². The second-order valence-corrected chi connectivity index (χ2v) is 13.6. The van der Waals surface area contributed by atoms with E-state index in [2.05, 4.69) is 27.7 Å². The van der Waals surface area contributed by atoms with Gasteiger partial charge in [-0.1, -0.05) is 59.8 Å². The lowest BCUT2D eigenvalue weighted by molar-refractivity contribution is -0.0625. The molecule has 0 saturated heterocycles. The number of hydrogen-bond acceptors (Lipinski definition) is 3. The van der Waals surface area contributed by atoms with Crippen LogP contribution in [-0.2, 0) is 0 Å². The first-order chi connectivity index (χ1) is 15.7. The van der Waals surface area contributed by atoms with E-state index in [0.717, 1.165) is 43.4 Å². The van der Waals surface area contributed by atoms with Crippen molar-refractivity contribution in [3.63, 3.8) is 0 Å². The Labute approximate surface area is 204 Å². The summed E-state index contributed by atoms with van der Waals surface area (Å²) in [4.78, 5) is 0. The predicted octanol–water partition coefficient (Wildman–Crippen LogP) is 6.44. The maximum atomic E-state index is 11.7. The van der Waals surface area contributed by atoms with E-state index < -0.39 is 0 Å². The van der Waals surface area contributed by atoms with Crippen LogP contribution >= 0.6 is 0 Å². The third kappa shape index (κ3) is 6.18. The molecule has 0 amide bonds. The number of aliphatic hydroxyl groups is 3. The second-order valence-electron chi connectivity index (χ2n) is 13.6. The van der Waals surface area contributed by atoms with Crippen molar-refractivity contribution in [1.29, 1.82) is 0 Å². The van der Waals surface area contributed by atoms with Crippen LogP contribution < -0.4 is 0 Å². The largest absolute Gasteiger partial charge is 0.393 e. The normalized spacial score (nSPS) is 50.3. The van der Waals surface area contributed by atoms with Crippen LogP contribution in [0.4, 0.5) is 0 Å². The number of hydrogen-bond donors (Lipinski definition) is 3. The lowest BCUT2D eigenvalue weighted by Gasteiger charge is -2.48. The first-order valence-electron chi connectivity index (χ1n) is 14.8. The van der Waals surface area contributed by atoms with Gasteiger partial charge in [-0.05, 0) is 111 Å². The lowest BCUT2D eigenvalue weighted by Crippen LogP contribution is -2.44. The van der Waals surface area contributed by atoms with Crippen LogP contribution in [0.5, 0.6) is 0 Å². The molecule has 4 aliphatic carbocycles. The molecule has 0 spiro atoms. The molecular formula is C30H54O3. The monoisotopic (exact) mass is 462 g/mol. The summed E-state index contributed by atoms with van der Waals surface area (Å²) >= 11 is 0. The first-order valence-corrected chi connectivity index (χ1v) is 14.8. The first kappa shape index (κ1) is 26.0. The average molecular weight is 463 g/mol. The van der Waals surface area contributed by atoms with Crippen LogP contribution in [0.3, 0.4) is 0 Å². The molecule has 33 heavy (non-hydrogen) atoms. The highest BCUT2D eigenvalue weighted by atomic mass is 16.3. The van der Waals surface area contributed by atoms with Crippen LogP contribution in [0.1, 0.15) is 111 Å². The van der Waals surface area contributed by atoms with Gasteiger partial charge < -0.3 is 15.3 Å². The van der Waals surface area contributed by atoms with Crippen molar-refractivity contribution in [2.75, 3.05) is 0 Å². The summed E-state index contributed by atoms with van der Waals surface area (Å²) in [5.41, 5.74) is 0. The topological polar surface area (TPSA) is 60.7 Å². The summed E-state index contributed by atoms with van der Waals surface area (Å²) in [5, 5.41) is 32.4. The van der Waals surface area contributed by atoms with Crippen molar-refractivity contribution in [3.05, 3.63) is 0 Å². The van der Waals surface area contributed by atoms with E-state index in [1.54, 1.807) is 0 Å². The Balaban J connectivity index is 1.46. The van der Waals surface area contributed by atoms with Gasteiger partial charge in [0.15, 0.2) is 0 Å². The van der Waals surface area contributed by atoms with Crippen LogP contribution in [-0.4, -0.2) is 33.6 Å². The van der Waals surface area contributed by atoms with Crippen molar-refractivity contribution in [3.8, 4) is 0 Å². The van der Waals surface area contributed by atoms with E-state index in [-0.39, 0.29) is 18.3 Å². The maximum absolute atomic E-state index is 11.7. The highest BCUT2D eigenvalue weighted by Crippen LogP contribution is 2.49. The second kappa shape index (κ2) is 11.3. The maximum Gasteiger partial charge on any atom is 0.0599 e. The molecule has 4 saturated carbocycles. The Kier molecular flexibility index (Phi) is 8.88. The Morgan fingerprint density at radius 2 is 1.09 bits per heavy atom. The Morgan fingerprint density at radius 3 is 1.67 bits per heavy atom. The molecule has 3 nitrogen and oxygen atoms in total. The summed E-state index contributed by atoms with van der Waals surface area (Å²) in [6.07, 6.45) is 15.5. The van der Waals surface area contributed by atoms with Gasteiger partial charge >= 0.3 is 0 Å². The van der Waals surface area contributed by atoms with Gasteiger partial charge in [-0.2, -0.15) is 0 Å². The fraction of sp³-hybridized carbons (Fsp3) is 1.00. The molecule has 0 aromatic heterocycles. The third-order valence-corrected chi connectivity index (χ3v) is 11.2. The van der Waals surface area contributed by atoms with E-state index >= 15 is 0 Å². The standard InChI is InChI=1S/C30H54O3/c1-18-12-28(31)20(3)10-24(18)14-22-15-26(17-25-11-21(4)29(32)13-19(25)2)30(33)27(16-22)23-8-6-5-7-9-23/h18-33H,5-17H2,1-4H3. The Bertz CT molecular complexity index is 599. The smallest absolute Gasteiger partial charge is 0.0599 e. The Morgan fingerprint density at radius 1 is 0.545 bits per heavy atom. The minimum absolute atomic E-state index is 0.114. The van der Waals surface area contributed by atoms with Gasteiger partial charge in [0, 0.05) is 0 Å². The fourth-order valence-electron chi connectivity index (χ4n) is 8.82. The molecule has 0 aromatic rings. The zero-order valence-electron chi connectivity index (χ0n) is 22.0. The quantitative estimate of drug-likeness (QED) is 0.441. The van der Waals surface area contributed by atoms with E-state index in [4.69, 9.17) is 0 Å². The van der Waals surface area contributed by atoms with Gasteiger partial charge in [0.05, 0.1) is 18.3 Å². The zero-order chi connectivity index (χ0) is 23.7. The molecule has 4 aliphatic rings.